The van der Waals surface area contributed by atoms with Gasteiger partial charge in [0.1, 0.15) is 6.04 Å². The molecule has 1 fully saturated rings. The van der Waals surface area contributed by atoms with E-state index in [4.69, 9.17) is 0 Å². The molecule has 2 aromatic rings. The van der Waals surface area contributed by atoms with Gasteiger partial charge in [0.15, 0.2) is 0 Å². The molecule has 1 aromatic carbocycles. The number of amides is 2. The quantitative estimate of drug-likeness (QED) is 0.924. The molecule has 24 heavy (non-hydrogen) atoms. The van der Waals surface area contributed by atoms with Gasteiger partial charge in [-0.15, -0.1) is 11.3 Å². The van der Waals surface area contributed by atoms with Crippen LogP contribution in [0.5, 0.6) is 0 Å². The molecule has 1 N–H and O–H groups in total. The third kappa shape index (κ3) is 3.51. The van der Waals surface area contributed by atoms with E-state index in [1.807, 2.05) is 16.3 Å². The molecular weight excluding hydrogens is 320 g/mol. The van der Waals surface area contributed by atoms with Crippen molar-refractivity contribution in [2.24, 2.45) is 0 Å². The molecule has 1 aromatic heterocycles. The van der Waals surface area contributed by atoms with Crippen molar-refractivity contribution in [2.45, 2.75) is 38.8 Å². The second kappa shape index (κ2) is 7.18. The molecule has 1 aliphatic heterocycles. The largest absolute Gasteiger partial charge is 0.340 e. The van der Waals surface area contributed by atoms with E-state index in [-0.39, 0.29) is 17.9 Å². The van der Waals surface area contributed by atoms with Gasteiger partial charge >= 0.3 is 0 Å². The van der Waals surface area contributed by atoms with Crippen molar-refractivity contribution in [1.29, 1.82) is 0 Å². The van der Waals surface area contributed by atoms with Gasteiger partial charge in [-0.2, -0.15) is 0 Å². The Morgan fingerprint density at radius 1 is 1.25 bits per heavy atom. The Balaban J connectivity index is 1.68. The predicted octanol–water partition coefficient (Wildman–Crippen LogP) is 3.54. The number of aryl methyl sites for hydroxylation is 1. The maximum absolute atomic E-state index is 12.8. The number of likely N-dealkylation sites (tertiary alicyclic amines) is 1. The highest BCUT2D eigenvalue weighted by Crippen LogP contribution is 2.32. The molecule has 5 heteroatoms. The highest BCUT2D eigenvalue weighted by molar-refractivity contribution is 7.12. The van der Waals surface area contributed by atoms with E-state index in [0.717, 1.165) is 19.4 Å². The zero-order chi connectivity index (χ0) is 17.1. The molecule has 2 atom stereocenters. The lowest BCUT2D eigenvalue weighted by Gasteiger charge is -2.28. The highest BCUT2D eigenvalue weighted by atomic mass is 32.1. The maximum atomic E-state index is 12.8. The first-order chi connectivity index (χ1) is 11.6. The molecule has 0 saturated carbocycles. The van der Waals surface area contributed by atoms with Gasteiger partial charge in [0.2, 0.25) is 5.91 Å². The van der Waals surface area contributed by atoms with Crippen LogP contribution in [0, 0.1) is 6.92 Å². The molecule has 4 nitrogen and oxygen atoms in total. The normalized spacial score (nSPS) is 18.4. The van der Waals surface area contributed by atoms with Crippen molar-refractivity contribution < 1.29 is 9.59 Å². The van der Waals surface area contributed by atoms with Crippen LogP contribution in [-0.4, -0.2) is 29.3 Å². The fourth-order valence-electron chi connectivity index (χ4n) is 3.15. The van der Waals surface area contributed by atoms with E-state index in [9.17, 15) is 9.59 Å². The molecule has 2 unspecified atom stereocenters. The fraction of sp³-hybridized carbons (Fsp3) is 0.368. The molecule has 1 saturated heterocycles. The standard InChI is InChI=1S/C19H22N2O2S/c1-13-7-9-15(10-8-13)16-5-3-11-21(16)19(23)14(2)20-18(22)17-6-4-12-24-17/h4,6-10,12,14,16H,3,5,11H2,1-2H3,(H,20,22). The lowest BCUT2D eigenvalue weighted by atomic mass is 10.0. The fourth-order valence-corrected chi connectivity index (χ4v) is 3.78. The smallest absolute Gasteiger partial charge is 0.261 e. The van der Waals surface area contributed by atoms with E-state index in [0.29, 0.717) is 4.88 Å². The summed E-state index contributed by atoms with van der Waals surface area (Å²) >= 11 is 1.38. The summed E-state index contributed by atoms with van der Waals surface area (Å²) in [5, 5.41) is 4.68. The predicted molar refractivity (Wildman–Crippen MR) is 96.1 cm³/mol. The minimum absolute atomic E-state index is 0.0111. The van der Waals surface area contributed by atoms with E-state index in [2.05, 4.69) is 36.5 Å². The Morgan fingerprint density at radius 2 is 2.00 bits per heavy atom. The lowest BCUT2D eigenvalue weighted by molar-refractivity contribution is -0.133. The first-order valence-corrected chi connectivity index (χ1v) is 9.15. The monoisotopic (exact) mass is 342 g/mol. The van der Waals surface area contributed by atoms with Crippen LogP contribution >= 0.6 is 11.3 Å². The Kier molecular flexibility index (Phi) is 5.00. The highest BCUT2D eigenvalue weighted by Gasteiger charge is 2.32. The number of nitrogens with zero attached hydrogens (tertiary/aromatic N) is 1. The van der Waals surface area contributed by atoms with Gasteiger partial charge in [0, 0.05) is 6.54 Å². The summed E-state index contributed by atoms with van der Waals surface area (Å²) in [5.74, 6) is -0.195. The summed E-state index contributed by atoms with van der Waals surface area (Å²) in [7, 11) is 0. The van der Waals surface area contributed by atoms with Crippen molar-refractivity contribution >= 4 is 23.2 Å². The number of hydrogen-bond donors (Lipinski definition) is 1. The van der Waals surface area contributed by atoms with E-state index in [1.54, 1.807) is 13.0 Å². The topological polar surface area (TPSA) is 49.4 Å². The minimum atomic E-state index is -0.523. The van der Waals surface area contributed by atoms with Crippen LogP contribution in [0.25, 0.3) is 0 Å². The first kappa shape index (κ1) is 16.7. The zero-order valence-electron chi connectivity index (χ0n) is 14.0. The number of nitrogens with one attached hydrogen (secondary N) is 1. The van der Waals surface area contributed by atoms with Crippen LogP contribution in [0.2, 0.25) is 0 Å². The second-order valence-electron chi connectivity index (χ2n) is 6.27. The third-order valence-electron chi connectivity index (χ3n) is 4.46. The molecular formula is C19H22N2O2S. The van der Waals surface area contributed by atoms with Crippen molar-refractivity contribution in [3.05, 3.63) is 57.8 Å². The molecule has 3 rings (SSSR count). The Labute approximate surface area is 146 Å². The summed E-state index contributed by atoms with van der Waals surface area (Å²) < 4.78 is 0. The summed E-state index contributed by atoms with van der Waals surface area (Å²) in [6.45, 7) is 4.57. The molecule has 0 spiro atoms. The molecule has 2 amide bonds. The van der Waals surface area contributed by atoms with E-state index >= 15 is 0 Å². The summed E-state index contributed by atoms with van der Waals surface area (Å²) in [4.78, 5) is 27.5. The Bertz CT molecular complexity index is 709. The van der Waals surface area contributed by atoms with Gasteiger partial charge in [-0.1, -0.05) is 35.9 Å². The average Bonchev–Trinajstić information content (AvgIpc) is 3.26. The van der Waals surface area contributed by atoms with E-state index in [1.165, 1.54) is 22.5 Å². The minimum Gasteiger partial charge on any atom is -0.340 e. The molecule has 0 radical (unpaired) electrons. The Morgan fingerprint density at radius 3 is 2.67 bits per heavy atom. The molecule has 2 heterocycles. The van der Waals surface area contributed by atoms with Crippen LogP contribution in [-0.2, 0) is 4.79 Å². The number of benzene rings is 1. The Hall–Kier alpha value is -2.14. The molecule has 1 aliphatic rings. The first-order valence-electron chi connectivity index (χ1n) is 8.27. The van der Waals surface area contributed by atoms with E-state index < -0.39 is 6.04 Å². The summed E-state index contributed by atoms with van der Waals surface area (Å²) in [6.07, 6.45) is 1.97. The van der Waals surface area contributed by atoms with Crippen LogP contribution in [0.1, 0.15) is 46.6 Å². The van der Waals surface area contributed by atoms with Gasteiger partial charge in [-0.25, -0.2) is 0 Å². The number of thiophene rings is 1. The number of hydrogen-bond acceptors (Lipinski definition) is 3. The van der Waals surface area contributed by atoms with Crippen LogP contribution < -0.4 is 5.32 Å². The van der Waals surface area contributed by atoms with Crippen molar-refractivity contribution in [2.75, 3.05) is 6.54 Å². The zero-order valence-corrected chi connectivity index (χ0v) is 14.8. The summed E-state index contributed by atoms with van der Waals surface area (Å²) in [5.41, 5.74) is 2.38. The van der Waals surface area contributed by atoms with Crippen LogP contribution in [0.4, 0.5) is 0 Å². The van der Waals surface area contributed by atoms with Crippen molar-refractivity contribution in [3.8, 4) is 0 Å². The number of carbonyl (C=O) groups excluding carboxylic acids is 2. The molecule has 0 aliphatic carbocycles. The van der Waals surface area contributed by atoms with Crippen molar-refractivity contribution in [1.82, 2.24) is 10.2 Å². The van der Waals surface area contributed by atoms with Gasteiger partial charge in [0.05, 0.1) is 10.9 Å². The van der Waals surface area contributed by atoms with Gasteiger partial charge in [-0.05, 0) is 43.7 Å². The SMILES string of the molecule is Cc1ccc(C2CCCN2C(=O)C(C)NC(=O)c2cccs2)cc1. The van der Waals surface area contributed by atoms with Gasteiger partial charge in [0.25, 0.3) is 5.91 Å². The second-order valence-corrected chi connectivity index (χ2v) is 7.22. The third-order valence-corrected chi connectivity index (χ3v) is 5.33. The van der Waals surface area contributed by atoms with Crippen molar-refractivity contribution in [3.63, 3.8) is 0 Å². The number of rotatable bonds is 4. The van der Waals surface area contributed by atoms with Gasteiger partial charge < -0.3 is 10.2 Å². The van der Waals surface area contributed by atoms with Crippen LogP contribution in [0.15, 0.2) is 41.8 Å². The maximum Gasteiger partial charge on any atom is 0.261 e. The summed E-state index contributed by atoms with van der Waals surface area (Å²) in [6, 6.07) is 11.5. The number of carbonyl (C=O) groups is 2. The molecule has 0 bridgehead atoms. The van der Waals surface area contributed by atoms with Crippen LogP contribution in [0.3, 0.4) is 0 Å². The molecule has 126 valence electrons. The average molecular weight is 342 g/mol. The lowest BCUT2D eigenvalue weighted by Crippen LogP contribution is -2.46. The van der Waals surface area contributed by atoms with Gasteiger partial charge in [-0.3, -0.25) is 9.59 Å².